The van der Waals surface area contributed by atoms with E-state index in [-0.39, 0.29) is 17.8 Å². The Morgan fingerprint density at radius 1 is 1.45 bits per heavy atom. The Bertz CT molecular complexity index is 658. The summed E-state index contributed by atoms with van der Waals surface area (Å²) in [6.45, 7) is 2.47. The maximum absolute atomic E-state index is 13.8. The quantitative estimate of drug-likeness (QED) is 0.895. The molecule has 1 aromatic heterocycles. The Morgan fingerprint density at radius 3 is 3.09 bits per heavy atom. The lowest BCUT2D eigenvalue weighted by molar-refractivity contribution is 0.159. The summed E-state index contributed by atoms with van der Waals surface area (Å²) in [6, 6.07) is 4.19. The standard InChI is InChI=1S/C15H18FN5O/c1-10-5-6-11(16)12(8-10)19-15(22)21-7-3-2-4-13(21)14-17-9-18-20-14/h5-6,8-9,13H,2-4,7H2,1H3,(H,19,22)(H,17,18,20)/t13-/m0/s1. The molecular weight excluding hydrogens is 285 g/mol. The fourth-order valence-corrected chi connectivity index (χ4v) is 2.76. The molecule has 3 rings (SSSR count). The lowest BCUT2D eigenvalue weighted by atomic mass is 10.0. The van der Waals surface area contributed by atoms with Gasteiger partial charge in [-0.3, -0.25) is 5.10 Å². The van der Waals surface area contributed by atoms with Crippen LogP contribution >= 0.6 is 0 Å². The minimum Gasteiger partial charge on any atom is -0.314 e. The van der Waals surface area contributed by atoms with Crippen LogP contribution in [0.2, 0.25) is 0 Å². The van der Waals surface area contributed by atoms with E-state index in [0.29, 0.717) is 12.4 Å². The highest BCUT2D eigenvalue weighted by Crippen LogP contribution is 2.29. The molecule has 0 aliphatic carbocycles. The second-order valence-corrected chi connectivity index (χ2v) is 5.49. The molecule has 1 saturated heterocycles. The molecule has 0 bridgehead atoms. The number of aromatic nitrogens is 3. The third-order valence-electron chi connectivity index (χ3n) is 3.88. The molecule has 0 radical (unpaired) electrons. The minimum absolute atomic E-state index is 0.149. The van der Waals surface area contributed by atoms with Crippen molar-refractivity contribution in [3.8, 4) is 0 Å². The summed E-state index contributed by atoms with van der Waals surface area (Å²) in [5.74, 6) is 0.228. The molecule has 2 N–H and O–H groups in total. The number of hydrogen-bond acceptors (Lipinski definition) is 3. The van der Waals surface area contributed by atoms with Gasteiger partial charge >= 0.3 is 6.03 Å². The summed E-state index contributed by atoms with van der Waals surface area (Å²) in [5, 5.41) is 9.33. The third kappa shape index (κ3) is 2.93. The number of rotatable bonds is 2. The Balaban J connectivity index is 1.79. The van der Waals surface area contributed by atoms with Crippen molar-refractivity contribution in [2.75, 3.05) is 11.9 Å². The number of hydrogen-bond donors (Lipinski definition) is 2. The second-order valence-electron chi connectivity index (χ2n) is 5.49. The molecule has 0 unspecified atom stereocenters. The number of piperidine rings is 1. The molecule has 7 heteroatoms. The van der Waals surface area contributed by atoms with Crippen molar-refractivity contribution in [2.24, 2.45) is 0 Å². The number of aromatic amines is 1. The number of likely N-dealkylation sites (tertiary alicyclic amines) is 1. The molecule has 1 atom stereocenters. The van der Waals surface area contributed by atoms with Crippen molar-refractivity contribution in [1.29, 1.82) is 0 Å². The number of carbonyl (C=O) groups is 1. The molecule has 2 heterocycles. The number of urea groups is 1. The molecule has 2 aromatic rings. The number of anilines is 1. The number of amides is 2. The van der Waals surface area contributed by atoms with E-state index in [0.717, 1.165) is 24.8 Å². The molecule has 1 fully saturated rings. The average molecular weight is 303 g/mol. The first-order chi connectivity index (χ1) is 10.6. The zero-order valence-electron chi connectivity index (χ0n) is 12.3. The number of H-pyrrole nitrogens is 1. The Kier molecular flexibility index (Phi) is 4.04. The summed E-state index contributed by atoms with van der Waals surface area (Å²) >= 11 is 0. The first-order valence-electron chi connectivity index (χ1n) is 7.34. The average Bonchev–Trinajstić information content (AvgIpc) is 3.05. The molecular formula is C15H18FN5O. The fourth-order valence-electron chi connectivity index (χ4n) is 2.76. The van der Waals surface area contributed by atoms with E-state index in [9.17, 15) is 9.18 Å². The number of carbonyl (C=O) groups excluding carboxylic acids is 1. The van der Waals surface area contributed by atoms with E-state index in [4.69, 9.17) is 0 Å². The number of nitrogens with zero attached hydrogens (tertiary/aromatic N) is 3. The molecule has 0 spiro atoms. The molecule has 2 amide bonds. The van der Waals surface area contributed by atoms with E-state index in [1.165, 1.54) is 12.4 Å². The van der Waals surface area contributed by atoms with Crippen LogP contribution < -0.4 is 5.32 Å². The van der Waals surface area contributed by atoms with Crippen molar-refractivity contribution >= 4 is 11.7 Å². The monoisotopic (exact) mass is 303 g/mol. The first-order valence-corrected chi connectivity index (χ1v) is 7.34. The van der Waals surface area contributed by atoms with E-state index in [2.05, 4.69) is 20.5 Å². The minimum atomic E-state index is -0.438. The smallest absolute Gasteiger partial charge is 0.314 e. The lowest BCUT2D eigenvalue weighted by Gasteiger charge is -2.34. The van der Waals surface area contributed by atoms with Crippen molar-refractivity contribution in [3.05, 3.63) is 41.7 Å². The fraction of sp³-hybridized carbons (Fsp3) is 0.400. The van der Waals surface area contributed by atoms with E-state index >= 15 is 0 Å². The van der Waals surface area contributed by atoms with Crippen molar-refractivity contribution in [2.45, 2.75) is 32.2 Å². The van der Waals surface area contributed by atoms with Crippen LogP contribution in [0.25, 0.3) is 0 Å². The predicted molar refractivity (Wildman–Crippen MR) is 79.8 cm³/mol. The number of aryl methyl sites for hydroxylation is 1. The Labute approximate surface area is 127 Å². The SMILES string of the molecule is Cc1ccc(F)c(NC(=O)N2CCCC[C@H]2c2ncn[nH]2)c1. The van der Waals surface area contributed by atoms with Crippen molar-refractivity contribution in [3.63, 3.8) is 0 Å². The highest BCUT2D eigenvalue weighted by molar-refractivity contribution is 5.89. The number of halogens is 1. The lowest BCUT2D eigenvalue weighted by Crippen LogP contribution is -2.41. The van der Waals surface area contributed by atoms with Gasteiger partial charge in [0.2, 0.25) is 0 Å². The van der Waals surface area contributed by atoms with E-state index < -0.39 is 5.82 Å². The third-order valence-corrected chi connectivity index (χ3v) is 3.88. The van der Waals surface area contributed by atoms with E-state index in [1.54, 1.807) is 17.0 Å². The molecule has 116 valence electrons. The summed E-state index contributed by atoms with van der Waals surface area (Å²) in [5.41, 5.74) is 1.09. The molecule has 1 aromatic carbocycles. The largest absolute Gasteiger partial charge is 0.322 e. The van der Waals surface area contributed by atoms with Crippen LogP contribution in [-0.4, -0.2) is 32.7 Å². The van der Waals surface area contributed by atoms with Crippen LogP contribution in [0.5, 0.6) is 0 Å². The van der Waals surface area contributed by atoms with Crippen LogP contribution in [0.15, 0.2) is 24.5 Å². The van der Waals surface area contributed by atoms with Gasteiger partial charge in [0.15, 0.2) is 0 Å². The normalized spacial score (nSPS) is 18.3. The van der Waals surface area contributed by atoms with Gasteiger partial charge in [0.25, 0.3) is 0 Å². The highest BCUT2D eigenvalue weighted by atomic mass is 19.1. The molecule has 1 aliphatic rings. The van der Waals surface area contributed by atoms with Gasteiger partial charge in [-0.05, 0) is 43.9 Å². The Morgan fingerprint density at radius 2 is 2.32 bits per heavy atom. The van der Waals surface area contributed by atoms with Gasteiger partial charge in [0, 0.05) is 6.54 Å². The summed E-state index contributed by atoms with van der Waals surface area (Å²) in [4.78, 5) is 18.4. The van der Waals surface area contributed by atoms with Crippen LogP contribution in [0, 0.1) is 12.7 Å². The molecule has 22 heavy (non-hydrogen) atoms. The first kappa shape index (κ1) is 14.5. The van der Waals surface area contributed by atoms with Gasteiger partial charge in [0.05, 0.1) is 11.7 Å². The number of nitrogens with one attached hydrogen (secondary N) is 2. The molecule has 0 saturated carbocycles. The predicted octanol–water partition coefficient (Wildman–Crippen LogP) is 3.01. The van der Waals surface area contributed by atoms with Gasteiger partial charge in [-0.1, -0.05) is 6.07 Å². The summed E-state index contributed by atoms with van der Waals surface area (Å²) < 4.78 is 13.8. The van der Waals surface area contributed by atoms with Crippen LogP contribution in [0.1, 0.15) is 36.7 Å². The van der Waals surface area contributed by atoms with Gasteiger partial charge in [-0.25, -0.2) is 14.2 Å². The van der Waals surface area contributed by atoms with Crippen LogP contribution in [0.4, 0.5) is 14.9 Å². The zero-order valence-corrected chi connectivity index (χ0v) is 12.3. The van der Waals surface area contributed by atoms with Gasteiger partial charge in [-0.2, -0.15) is 5.10 Å². The van der Waals surface area contributed by atoms with E-state index in [1.807, 2.05) is 6.92 Å². The molecule has 1 aliphatic heterocycles. The highest BCUT2D eigenvalue weighted by Gasteiger charge is 2.30. The van der Waals surface area contributed by atoms with Crippen molar-refractivity contribution in [1.82, 2.24) is 20.1 Å². The summed E-state index contributed by atoms with van der Waals surface area (Å²) in [7, 11) is 0. The second kappa shape index (κ2) is 6.13. The Hall–Kier alpha value is -2.44. The van der Waals surface area contributed by atoms with Crippen molar-refractivity contribution < 1.29 is 9.18 Å². The van der Waals surface area contributed by atoms with Gasteiger partial charge in [-0.15, -0.1) is 0 Å². The van der Waals surface area contributed by atoms with Crippen LogP contribution in [0.3, 0.4) is 0 Å². The number of benzene rings is 1. The van der Waals surface area contributed by atoms with Gasteiger partial charge < -0.3 is 10.2 Å². The maximum atomic E-state index is 13.8. The van der Waals surface area contributed by atoms with Gasteiger partial charge in [0.1, 0.15) is 18.0 Å². The molecule has 6 nitrogen and oxygen atoms in total. The zero-order chi connectivity index (χ0) is 15.5. The van der Waals surface area contributed by atoms with Crippen LogP contribution in [-0.2, 0) is 0 Å². The summed E-state index contributed by atoms with van der Waals surface area (Å²) in [6.07, 6.45) is 4.20. The topological polar surface area (TPSA) is 73.9 Å². The maximum Gasteiger partial charge on any atom is 0.322 e.